The number of nitrogens with zero attached hydrogens (tertiary/aromatic N) is 2. The van der Waals surface area contributed by atoms with Crippen LogP contribution < -0.4 is 0 Å². The smallest absolute Gasteiger partial charge is 0.134 e. The summed E-state index contributed by atoms with van der Waals surface area (Å²) < 4.78 is 2.02. The van der Waals surface area contributed by atoms with Crippen molar-refractivity contribution < 1.29 is 5.11 Å². The first-order chi connectivity index (χ1) is 6.38. The second kappa shape index (κ2) is 5.75. The third-order valence-corrected chi connectivity index (χ3v) is 2.20. The second-order valence-corrected chi connectivity index (χ2v) is 3.26. The third kappa shape index (κ3) is 3.19. The number of hydrogen-bond donors (Lipinski definition) is 1. The van der Waals surface area contributed by atoms with E-state index in [1.54, 1.807) is 6.20 Å². The van der Waals surface area contributed by atoms with Crippen LogP contribution >= 0.6 is 0 Å². The lowest BCUT2D eigenvalue weighted by Gasteiger charge is -2.04. The fourth-order valence-electron chi connectivity index (χ4n) is 1.40. The zero-order valence-corrected chi connectivity index (χ0v) is 8.24. The van der Waals surface area contributed by atoms with Crippen LogP contribution in [0.15, 0.2) is 12.4 Å². The van der Waals surface area contributed by atoms with E-state index in [1.165, 1.54) is 25.7 Å². The van der Waals surface area contributed by atoms with Crippen molar-refractivity contribution in [2.45, 2.75) is 45.8 Å². The van der Waals surface area contributed by atoms with Crippen molar-refractivity contribution in [2.24, 2.45) is 0 Å². The van der Waals surface area contributed by atoms with Crippen molar-refractivity contribution in [3.8, 4) is 0 Å². The highest BCUT2D eigenvalue weighted by Crippen LogP contribution is 2.04. The molecule has 1 aromatic rings. The van der Waals surface area contributed by atoms with Crippen LogP contribution in [0.4, 0.5) is 0 Å². The average Bonchev–Trinajstić information content (AvgIpc) is 2.60. The Balaban J connectivity index is 2.27. The SMILES string of the molecule is CCCCCCn1ccnc1CO. The highest BCUT2D eigenvalue weighted by Gasteiger charge is 1.99. The first-order valence-corrected chi connectivity index (χ1v) is 4.99. The third-order valence-electron chi connectivity index (χ3n) is 2.20. The maximum Gasteiger partial charge on any atom is 0.134 e. The molecule has 1 heterocycles. The first kappa shape index (κ1) is 10.3. The van der Waals surface area contributed by atoms with Gasteiger partial charge in [0, 0.05) is 18.9 Å². The zero-order chi connectivity index (χ0) is 9.52. The van der Waals surface area contributed by atoms with Gasteiger partial charge in [-0.15, -0.1) is 0 Å². The summed E-state index contributed by atoms with van der Waals surface area (Å²) in [5.41, 5.74) is 0. The van der Waals surface area contributed by atoms with Crippen LogP contribution in [0.5, 0.6) is 0 Å². The molecular weight excluding hydrogens is 164 g/mol. The topological polar surface area (TPSA) is 38.0 Å². The largest absolute Gasteiger partial charge is 0.388 e. The normalized spacial score (nSPS) is 10.6. The number of aliphatic hydroxyl groups is 1. The van der Waals surface area contributed by atoms with Crippen molar-refractivity contribution in [3.63, 3.8) is 0 Å². The number of hydrogen-bond acceptors (Lipinski definition) is 2. The van der Waals surface area contributed by atoms with E-state index in [0.29, 0.717) is 0 Å². The maximum atomic E-state index is 8.93. The van der Waals surface area contributed by atoms with Gasteiger partial charge in [-0.2, -0.15) is 0 Å². The van der Waals surface area contributed by atoms with E-state index in [1.807, 2.05) is 10.8 Å². The maximum absolute atomic E-state index is 8.93. The van der Waals surface area contributed by atoms with E-state index in [9.17, 15) is 0 Å². The molecule has 0 unspecified atom stereocenters. The summed E-state index contributed by atoms with van der Waals surface area (Å²) in [5.74, 6) is 0.775. The number of rotatable bonds is 6. The van der Waals surface area contributed by atoms with Gasteiger partial charge >= 0.3 is 0 Å². The Morgan fingerprint density at radius 3 is 2.92 bits per heavy atom. The van der Waals surface area contributed by atoms with Gasteiger partial charge in [-0.3, -0.25) is 0 Å². The lowest BCUT2D eigenvalue weighted by atomic mass is 10.2. The molecule has 1 rings (SSSR count). The molecule has 0 aliphatic heterocycles. The molecule has 0 aliphatic carbocycles. The van der Waals surface area contributed by atoms with Crippen LogP contribution in [0.3, 0.4) is 0 Å². The average molecular weight is 182 g/mol. The Hall–Kier alpha value is -0.830. The van der Waals surface area contributed by atoms with Crippen molar-refractivity contribution in [1.82, 2.24) is 9.55 Å². The first-order valence-electron chi connectivity index (χ1n) is 4.99. The van der Waals surface area contributed by atoms with E-state index in [4.69, 9.17) is 5.11 Å². The number of aliphatic hydroxyl groups excluding tert-OH is 1. The number of unbranched alkanes of at least 4 members (excludes halogenated alkanes) is 3. The molecule has 3 nitrogen and oxygen atoms in total. The van der Waals surface area contributed by atoms with Gasteiger partial charge in [-0.25, -0.2) is 4.98 Å². The molecule has 0 atom stereocenters. The molecule has 0 saturated heterocycles. The van der Waals surface area contributed by atoms with Crippen LogP contribution in [-0.2, 0) is 13.2 Å². The van der Waals surface area contributed by atoms with E-state index < -0.39 is 0 Å². The summed E-state index contributed by atoms with van der Waals surface area (Å²) in [6, 6.07) is 0. The Bertz CT molecular complexity index is 233. The molecule has 1 N–H and O–H groups in total. The minimum atomic E-state index is 0.0424. The standard InChI is InChI=1S/C10H18N2O/c1-2-3-4-5-7-12-8-6-11-10(12)9-13/h6,8,13H,2-5,7,9H2,1H3. The molecule has 3 heteroatoms. The van der Waals surface area contributed by atoms with Gasteiger partial charge in [0.1, 0.15) is 12.4 Å². The summed E-state index contributed by atoms with van der Waals surface area (Å²) in [6.45, 7) is 3.23. The molecule has 0 spiro atoms. The lowest BCUT2D eigenvalue weighted by Crippen LogP contribution is -2.02. The van der Waals surface area contributed by atoms with Crippen LogP contribution in [-0.4, -0.2) is 14.7 Å². The van der Waals surface area contributed by atoms with Crippen molar-refractivity contribution in [1.29, 1.82) is 0 Å². The Morgan fingerprint density at radius 2 is 2.23 bits per heavy atom. The molecule has 0 radical (unpaired) electrons. The minimum Gasteiger partial charge on any atom is -0.388 e. The zero-order valence-electron chi connectivity index (χ0n) is 8.24. The van der Waals surface area contributed by atoms with E-state index >= 15 is 0 Å². The molecule has 0 saturated carbocycles. The fraction of sp³-hybridized carbons (Fsp3) is 0.700. The lowest BCUT2D eigenvalue weighted by molar-refractivity contribution is 0.264. The van der Waals surface area contributed by atoms with Gasteiger partial charge in [0.15, 0.2) is 0 Å². The number of imidazole rings is 1. The molecule has 74 valence electrons. The van der Waals surface area contributed by atoms with Gasteiger partial charge in [0.25, 0.3) is 0 Å². The van der Waals surface area contributed by atoms with E-state index in [-0.39, 0.29) is 6.61 Å². The Kier molecular flexibility index (Phi) is 4.54. The second-order valence-electron chi connectivity index (χ2n) is 3.26. The van der Waals surface area contributed by atoms with Crippen molar-refractivity contribution in [2.75, 3.05) is 0 Å². The minimum absolute atomic E-state index is 0.0424. The molecule has 0 fully saturated rings. The molecule has 0 aromatic carbocycles. The van der Waals surface area contributed by atoms with Crippen molar-refractivity contribution in [3.05, 3.63) is 18.2 Å². The van der Waals surface area contributed by atoms with Crippen LogP contribution in [0.2, 0.25) is 0 Å². The molecule has 13 heavy (non-hydrogen) atoms. The van der Waals surface area contributed by atoms with Crippen molar-refractivity contribution >= 4 is 0 Å². The summed E-state index contributed by atoms with van der Waals surface area (Å²) in [5, 5.41) is 8.93. The van der Waals surface area contributed by atoms with Crippen LogP contribution in [0, 0.1) is 0 Å². The molecule has 0 amide bonds. The van der Waals surface area contributed by atoms with Gasteiger partial charge in [0.05, 0.1) is 0 Å². The highest BCUT2D eigenvalue weighted by molar-refractivity contribution is 4.89. The molecule has 0 bridgehead atoms. The fourth-order valence-corrected chi connectivity index (χ4v) is 1.40. The van der Waals surface area contributed by atoms with Gasteiger partial charge in [-0.1, -0.05) is 26.2 Å². The number of aryl methyl sites for hydroxylation is 1. The molecular formula is C10H18N2O. The Labute approximate surface area is 79.4 Å². The summed E-state index contributed by atoms with van der Waals surface area (Å²) in [4.78, 5) is 4.05. The van der Waals surface area contributed by atoms with Crippen LogP contribution in [0.1, 0.15) is 38.4 Å². The number of aromatic nitrogens is 2. The highest BCUT2D eigenvalue weighted by atomic mass is 16.3. The van der Waals surface area contributed by atoms with Crippen LogP contribution in [0.25, 0.3) is 0 Å². The summed E-state index contributed by atoms with van der Waals surface area (Å²) in [6.07, 6.45) is 8.67. The molecule has 0 aliphatic rings. The monoisotopic (exact) mass is 182 g/mol. The van der Waals surface area contributed by atoms with E-state index in [0.717, 1.165) is 12.4 Å². The van der Waals surface area contributed by atoms with Gasteiger partial charge in [-0.05, 0) is 6.42 Å². The van der Waals surface area contributed by atoms with Gasteiger partial charge in [0.2, 0.25) is 0 Å². The molecule has 1 aromatic heterocycles. The predicted octanol–water partition coefficient (Wildman–Crippen LogP) is 1.96. The predicted molar refractivity (Wildman–Crippen MR) is 52.3 cm³/mol. The summed E-state index contributed by atoms with van der Waals surface area (Å²) >= 11 is 0. The Morgan fingerprint density at radius 1 is 1.38 bits per heavy atom. The van der Waals surface area contributed by atoms with Gasteiger partial charge < -0.3 is 9.67 Å². The quantitative estimate of drug-likeness (QED) is 0.683. The van der Waals surface area contributed by atoms with E-state index in [2.05, 4.69) is 11.9 Å². The summed E-state index contributed by atoms with van der Waals surface area (Å²) in [7, 11) is 0.